The molecule has 0 aliphatic rings. The highest BCUT2D eigenvalue weighted by molar-refractivity contribution is 8.02. The minimum Gasteiger partial charge on any atom is -0.179 e. The molecule has 0 aromatic heterocycles. The van der Waals surface area contributed by atoms with E-state index in [4.69, 9.17) is 0 Å². The Labute approximate surface area is 113 Å². The minimum absolute atomic E-state index is 0.984. The second-order valence-electron chi connectivity index (χ2n) is 3.33. The molecule has 0 aliphatic carbocycles. The molecule has 1 rings (SSSR count). The Morgan fingerprint density at radius 2 is 1.75 bits per heavy atom. The lowest BCUT2D eigenvalue weighted by atomic mass is 10.1. The summed E-state index contributed by atoms with van der Waals surface area (Å²) in [6.45, 7) is 3.75. The van der Waals surface area contributed by atoms with Crippen LogP contribution in [0.3, 0.4) is 0 Å². The van der Waals surface area contributed by atoms with Crippen LogP contribution in [0.4, 0.5) is 0 Å². The zero-order valence-electron chi connectivity index (χ0n) is 9.39. The van der Waals surface area contributed by atoms with Gasteiger partial charge >= 0.3 is 0 Å². The van der Waals surface area contributed by atoms with E-state index in [0.717, 1.165) is 17.3 Å². The van der Waals surface area contributed by atoms with Crippen LogP contribution in [0.1, 0.15) is 11.1 Å². The fourth-order valence-corrected chi connectivity index (χ4v) is 3.46. The van der Waals surface area contributed by atoms with Gasteiger partial charge < -0.3 is 0 Å². The monoisotopic (exact) mass is 270 g/mol. The van der Waals surface area contributed by atoms with E-state index in [1.165, 1.54) is 22.6 Å². The van der Waals surface area contributed by atoms with Crippen LogP contribution in [0.15, 0.2) is 30.8 Å². The van der Waals surface area contributed by atoms with Crippen LogP contribution in [0.5, 0.6) is 0 Å². The second-order valence-corrected chi connectivity index (χ2v) is 6.11. The number of hydrogen-bond acceptors (Lipinski definition) is 3. The van der Waals surface area contributed by atoms with Crippen LogP contribution in [0.2, 0.25) is 0 Å². The van der Waals surface area contributed by atoms with Gasteiger partial charge in [-0.2, -0.15) is 36.2 Å². The van der Waals surface area contributed by atoms with Crippen LogP contribution >= 0.6 is 36.2 Å². The molecule has 1 aromatic carbocycles. The summed E-state index contributed by atoms with van der Waals surface area (Å²) in [5, 5.41) is 0. The molecule has 0 aliphatic heterocycles. The van der Waals surface area contributed by atoms with E-state index in [-0.39, 0.29) is 0 Å². The maximum absolute atomic E-state index is 4.19. The summed E-state index contributed by atoms with van der Waals surface area (Å²) in [5.74, 6) is 5.71. The van der Waals surface area contributed by atoms with Gasteiger partial charge in [0.25, 0.3) is 0 Å². The lowest BCUT2D eigenvalue weighted by molar-refractivity contribution is 1.39. The van der Waals surface area contributed by atoms with Gasteiger partial charge in [0.2, 0.25) is 0 Å². The van der Waals surface area contributed by atoms with E-state index in [1.54, 1.807) is 0 Å². The summed E-state index contributed by atoms with van der Waals surface area (Å²) < 4.78 is 0. The van der Waals surface area contributed by atoms with Gasteiger partial charge in [0.1, 0.15) is 0 Å². The molecule has 3 heteroatoms. The smallest absolute Gasteiger partial charge is 0.0184 e. The van der Waals surface area contributed by atoms with Gasteiger partial charge in [-0.15, -0.1) is 0 Å². The maximum atomic E-state index is 4.19. The highest BCUT2D eigenvalue weighted by atomic mass is 32.2. The van der Waals surface area contributed by atoms with Crippen molar-refractivity contribution in [3.63, 3.8) is 0 Å². The molecule has 0 unspecified atom stereocenters. The van der Waals surface area contributed by atoms with E-state index in [0.29, 0.717) is 0 Å². The molecule has 0 bridgehead atoms. The van der Waals surface area contributed by atoms with Gasteiger partial charge in [-0.3, -0.25) is 0 Å². The van der Waals surface area contributed by atoms with E-state index in [2.05, 4.69) is 43.5 Å². The number of benzene rings is 1. The third-order valence-corrected chi connectivity index (χ3v) is 4.89. The predicted molar refractivity (Wildman–Crippen MR) is 83.9 cm³/mol. The molecular formula is C13H18S3. The van der Waals surface area contributed by atoms with Crippen LogP contribution in [-0.2, 0) is 5.75 Å². The first-order valence-electron chi connectivity index (χ1n) is 5.34. The molecule has 0 saturated carbocycles. The number of thioether (sulfide) groups is 2. The third kappa shape index (κ3) is 5.92. The van der Waals surface area contributed by atoms with Gasteiger partial charge in [0.05, 0.1) is 0 Å². The fraction of sp³-hybridized carbons (Fsp3) is 0.385. The average molecular weight is 270 g/mol. The normalized spacial score (nSPS) is 10.3. The van der Waals surface area contributed by atoms with Gasteiger partial charge in [0.15, 0.2) is 0 Å². The Hall–Kier alpha value is 0.01000. The van der Waals surface area contributed by atoms with Gasteiger partial charge in [-0.05, 0) is 16.9 Å². The van der Waals surface area contributed by atoms with Crippen LogP contribution in [-0.4, -0.2) is 23.0 Å². The van der Waals surface area contributed by atoms with Crippen molar-refractivity contribution < 1.29 is 0 Å². The maximum Gasteiger partial charge on any atom is 0.0184 e. The van der Waals surface area contributed by atoms with Crippen molar-refractivity contribution in [2.75, 3.05) is 23.0 Å². The largest absolute Gasteiger partial charge is 0.179 e. The molecular weight excluding hydrogens is 252 g/mol. The summed E-state index contributed by atoms with van der Waals surface area (Å²) in [7, 11) is 0. The lowest BCUT2D eigenvalue weighted by Crippen LogP contribution is -1.89. The Kier molecular flexibility index (Phi) is 7.99. The summed E-state index contributed by atoms with van der Waals surface area (Å²) in [4.78, 5) is 0. The summed E-state index contributed by atoms with van der Waals surface area (Å²) in [5.41, 5.74) is 2.59. The van der Waals surface area contributed by atoms with Crippen LogP contribution in [0, 0.1) is 0 Å². The van der Waals surface area contributed by atoms with E-state index < -0.39 is 0 Å². The van der Waals surface area contributed by atoms with Crippen molar-refractivity contribution in [1.29, 1.82) is 0 Å². The van der Waals surface area contributed by atoms with Gasteiger partial charge in [-0.1, -0.05) is 36.9 Å². The molecule has 0 nitrogen and oxygen atoms in total. The van der Waals surface area contributed by atoms with Crippen LogP contribution < -0.4 is 0 Å². The molecule has 16 heavy (non-hydrogen) atoms. The Morgan fingerprint density at radius 3 is 2.38 bits per heavy atom. The van der Waals surface area contributed by atoms with Gasteiger partial charge in [-0.25, -0.2) is 0 Å². The number of hydrogen-bond donors (Lipinski definition) is 1. The standard InChI is InChI=1S/C13H18S3/c1-2-12-3-5-13(6-4-12)11-16-10-9-15-8-7-14/h2-6,14H,1,7-11H2. The molecule has 0 saturated heterocycles. The summed E-state index contributed by atoms with van der Waals surface area (Å²) in [6, 6.07) is 8.62. The Bertz CT molecular complexity index is 293. The molecule has 0 heterocycles. The molecule has 0 fully saturated rings. The zero-order valence-corrected chi connectivity index (χ0v) is 11.9. The van der Waals surface area contributed by atoms with Crippen molar-refractivity contribution in [2.45, 2.75) is 5.75 Å². The highest BCUT2D eigenvalue weighted by Crippen LogP contribution is 2.15. The molecule has 0 amide bonds. The van der Waals surface area contributed by atoms with Crippen molar-refractivity contribution in [1.82, 2.24) is 0 Å². The Balaban J connectivity index is 2.14. The summed E-state index contributed by atoms with van der Waals surface area (Å²) >= 11 is 8.17. The number of rotatable bonds is 8. The van der Waals surface area contributed by atoms with Crippen molar-refractivity contribution >= 4 is 42.2 Å². The first-order valence-corrected chi connectivity index (χ1v) is 8.28. The highest BCUT2D eigenvalue weighted by Gasteiger charge is 1.94. The quantitative estimate of drug-likeness (QED) is 0.554. The van der Waals surface area contributed by atoms with Crippen molar-refractivity contribution in [3.05, 3.63) is 42.0 Å². The first-order chi connectivity index (χ1) is 7.86. The van der Waals surface area contributed by atoms with E-state index in [1.807, 2.05) is 29.6 Å². The lowest BCUT2D eigenvalue weighted by Gasteiger charge is -2.02. The minimum atomic E-state index is 0.984. The summed E-state index contributed by atoms with van der Waals surface area (Å²) in [6.07, 6.45) is 1.88. The molecule has 0 N–H and O–H groups in total. The first kappa shape index (κ1) is 14.1. The fourth-order valence-electron chi connectivity index (χ4n) is 1.22. The van der Waals surface area contributed by atoms with E-state index >= 15 is 0 Å². The van der Waals surface area contributed by atoms with E-state index in [9.17, 15) is 0 Å². The molecule has 0 radical (unpaired) electrons. The predicted octanol–water partition coefficient (Wildman–Crippen LogP) is 4.23. The van der Waals surface area contributed by atoms with Crippen molar-refractivity contribution in [2.24, 2.45) is 0 Å². The average Bonchev–Trinajstić information content (AvgIpc) is 2.34. The SMILES string of the molecule is C=Cc1ccc(CSCCSCCS)cc1. The molecule has 0 atom stereocenters. The number of thiol groups is 1. The zero-order chi connectivity index (χ0) is 11.6. The second kappa shape index (κ2) is 9.08. The molecule has 88 valence electrons. The Morgan fingerprint density at radius 1 is 1.06 bits per heavy atom. The van der Waals surface area contributed by atoms with Gasteiger partial charge in [0, 0.05) is 23.0 Å². The topological polar surface area (TPSA) is 0 Å². The van der Waals surface area contributed by atoms with Crippen LogP contribution in [0.25, 0.3) is 6.08 Å². The van der Waals surface area contributed by atoms with Crippen molar-refractivity contribution in [3.8, 4) is 0 Å². The molecule has 0 spiro atoms. The third-order valence-electron chi connectivity index (χ3n) is 2.09. The molecule has 1 aromatic rings.